The molecule has 0 saturated carbocycles. The molecule has 3 aromatic rings. The minimum Gasteiger partial charge on any atom is -0.454 e. The first-order valence-electron chi connectivity index (χ1n) is 9.29. The third-order valence-electron chi connectivity index (χ3n) is 4.96. The maximum atomic E-state index is 12.7. The van der Waals surface area contributed by atoms with E-state index in [9.17, 15) is 14.9 Å². The molecule has 144 valence electrons. The Kier molecular flexibility index (Phi) is 5.90. The van der Waals surface area contributed by atoms with E-state index in [2.05, 4.69) is 6.07 Å². The first-order chi connectivity index (χ1) is 13.9. The minimum atomic E-state index is -0.594. The zero-order valence-corrected chi connectivity index (χ0v) is 16.7. The van der Waals surface area contributed by atoms with E-state index < -0.39 is 5.97 Å². The van der Waals surface area contributed by atoms with Crippen molar-refractivity contribution >= 4 is 11.8 Å². The average Bonchev–Trinajstić information content (AvgIpc) is 2.74. The van der Waals surface area contributed by atoms with Crippen molar-refractivity contribution in [3.63, 3.8) is 0 Å². The third-order valence-corrected chi connectivity index (χ3v) is 4.96. The van der Waals surface area contributed by atoms with Crippen LogP contribution in [0.5, 0.6) is 0 Å². The first-order valence-corrected chi connectivity index (χ1v) is 9.29. The molecule has 0 spiro atoms. The van der Waals surface area contributed by atoms with Gasteiger partial charge in [-0.3, -0.25) is 4.79 Å². The summed E-state index contributed by atoms with van der Waals surface area (Å²) in [7, 11) is 0. The molecule has 0 aliphatic rings. The number of ketones is 1. The Morgan fingerprint density at radius 1 is 0.828 bits per heavy atom. The van der Waals surface area contributed by atoms with Crippen LogP contribution in [0.4, 0.5) is 0 Å². The predicted molar refractivity (Wildman–Crippen MR) is 112 cm³/mol. The summed E-state index contributed by atoms with van der Waals surface area (Å²) in [5, 5.41) is 9.37. The summed E-state index contributed by atoms with van der Waals surface area (Å²) in [6.45, 7) is 5.47. The normalized spacial score (nSPS) is 10.3. The summed E-state index contributed by atoms with van der Waals surface area (Å²) in [4.78, 5) is 25.3. The largest absolute Gasteiger partial charge is 0.454 e. The Hall–Kier alpha value is -3.71. The second-order valence-electron chi connectivity index (χ2n) is 6.95. The van der Waals surface area contributed by atoms with Gasteiger partial charge in [0.1, 0.15) is 0 Å². The zero-order chi connectivity index (χ0) is 21.0. The highest BCUT2D eigenvalue weighted by molar-refractivity contribution is 6.02. The second kappa shape index (κ2) is 8.53. The van der Waals surface area contributed by atoms with E-state index in [1.54, 1.807) is 42.5 Å². The number of benzene rings is 3. The number of esters is 1. The van der Waals surface area contributed by atoms with Crippen LogP contribution in [0.15, 0.2) is 60.7 Å². The van der Waals surface area contributed by atoms with Gasteiger partial charge in [-0.05, 0) is 61.2 Å². The van der Waals surface area contributed by atoms with E-state index in [0.29, 0.717) is 27.8 Å². The highest BCUT2D eigenvalue weighted by Crippen LogP contribution is 2.27. The first kappa shape index (κ1) is 20.0. The number of rotatable bonds is 5. The monoisotopic (exact) mass is 383 g/mol. The second-order valence-corrected chi connectivity index (χ2v) is 6.95. The SMILES string of the molecule is Cc1cc(C)c(C(=O)COC(=O)c2ccccc2-c2ccccc2C#N)cc1C. The molecule has 29 heavy (non-hydrogen) atoms. The Morgan fingerprint density at radius 2 is 1.45 bits per heavy atom. The lowest BCUT2D eigenvalue weighted by Crippen LogP contribution is -2.16. The van der Waals surface area contributed by atoms with E-state index in [1.165, 1.54) is 0 Å². The Morgan fingerprint density at radius 3 is 2.17 bits per heavy atom. The topological polar surface area (TPSA) is 67.2 Å². The number of ether oxygens (including phenoxy) is 1. The molecule has 4 nitrogen and oxygen atoms in total. The van der Waals surface area contributed by atoms with Crippen LogP contribution < -0.4 is 0 Å². The van der Waals surface area contributed by atoms with Crippen LogP contribution in [0.2, 0.25) is 0 Å². The summed E-state index contributed by atoms with van der Waals surface area (Å²) < 4.78 is 5.33. The molecule has 0 amide bonds. The van der Waals surface area contributed by atoms with Crippen molar-refractivity contribution in [2.45, 2.75) is 20.8 Å². The zero-order valence-electron chi connectivity index (χ0n) is 16.7. The van der Waals surface area contributed by atoms with E-state index in [-0.39, 0.29) is 12.4 Å². The lowest BCUT2D eigenvalue weighted by Gasteiger charge is -2.12. The highest BCUT2D eigenvalue weighted by atomic mass is 16.5. The Balaban J connectivity index is 1.83. The van der Waals surface area contributed by atoms with Crippen molar-refractivity contribution in [2.24, 2.45) is 0 Å². The van der Waals surface area contributed by atoms with Gasteiger partial charge in [0, 0.05) is 11.1 Å². The van der Waals surface area contributed by atoms with Crippen molar-refractivity contribution < 1.29 is 14.3 Å². The van der Waals surface area contributed by atoms with E-state index >= 15 is 0 Å². The lowest BCUT2D eigenvalue weighted by molar-refractivity contribution is 0.0475. The average molecular weight is 383 g/mol. The van der Waals surface area contributed by atoms with Gasteiger partial charge >= 0.3 is 5.97 Å². The van der Waals surface area contributed by atoms with Crippen LogP contribution in [-0.4, -0.2) is 18.4 Å². The van der Waals surface area contributed by atoms with Crippen molar-refractivity contribution in [1.82, 2.24) is 0 Å². The number of nitrogens with zero attached hydrogens (tertiary/aromatic N) is 1. The summed E-state index contributed by atoms with van der Waals surface area (Å²) >= 11 is 0. The molecule has 0 atom stereocenters. The van der Waals surface area contributed by atoms with E-state index in [0.717, 1.165) is 16.7 Å². The van der Waals surface area contributed by atoms with Gasteiger partial charge in [0.25, 0.3) is 0 Å². The smallest absolute Gasteiger partial charge is 0.339 e. The molecule has 0 N–H and O–H groups in total. The molecule has 0 fully saturated rings. The fourth-order valence-corrected chi connectivity index (χ4v) is 3.26. The molecular weight excluding hydrogens is 362 g/mol. The number of nitriles is 1. The van der Waals surface area contributed by atoms with Crippen molar-refractivity contribution in [2.75, 3.05) is 6.61 Å². The summed E-state index contributed by atoms with van der Waals surface area (Å²) in [5.74, 6) is -0.836. The summed E-state index contributed by atoms with van der Waals surface area (Å²) in [6.07, 6.45) is 0. The van der Waals surface area contributed by atoms with Gasteiger partial charge in [-0.2, -0.15) is 5.26 Å². The highest BCUT2D eigenvalue weighted by Gasteiger charge is 2.18. The van der Waals surface area contributed by atoms with Gasteiger partial charge < -0.3 is 4.74 Å². The molecule has 3 aromatic carbocycles. The molecule has 0 saturated heterocycles. The Bertz CT molecular complexity index is 1140. The van der Waals surface area contributed by atoms with Crippen LogP contribution in [0.1, 0.15) is 43.0 Å². The fourth-order valence-electron chi connectivity index (χ4n) is 3.26. The third kappa shape index (κ3) is 4.25. The van der Waals surface area contributed by atoms with Gasteiger partial charge in [0.2, 0.25) is 5.78 Å². The maximum absolute atomic E-state index is 12.7. The van der Waals surface area contributed by atoms with E-state index in [4.69, 9.17) is 4.74 Å². The molecule has 0 aliphatic carbocycles. The quantitative estimate of drug-likeness (QED) is 0.449. The van der Waals surface area contributed by atoms with Crippen molar-refractivity contribution in [1.29, 1.82) is 5.26 Å². The number of hydrogen-bond donors (Lipinski definition) is 0. The molecule has 0 aromatic heterocycles. The van der Waals surface area contributed by atoms with Gasteiger partial charge in [-0.15, -0.1) is 0 Å². The van der Waals surface area contributed by atoms with Gasteiger partial charge in [-0.25, -0.2) is 4.79 Å². The van der Waals surface area contributed by atoms with Crippen molar-refractivity contribution in [3.8, 4) is 17.2 Å². The predicted octanol–water partition coefficient (Wildman–Crippen LogP) is 5.19. The van der Waals surface area contributed by atoms with Crippen LogP contribution >= 0.6 is 0 Å². The van der Waals surface area contributed by atoms with Gasteiger partial charge in [0.05, 0.1) is 17.2 Å². The minimum absolute atomic E-state index is 0.242. The molecular formula is C25H21NO3. The van der Waals surface area contributed by atoms with Crippen LogP contribution in [-0.2, 0) is 4.74 Å². The number of aryl methyl sites for hydroxylation is 3. The number of carbonyl (C=O) groups is 2. The van der Waals surface area contributed by atoms with Gasteiger partial charge in [-0.1, -0.05) is 42.5 Å². The summed E-state index contributed by atoms with van der Waals surface area (Å²) in [5.41, 5.74) is 5.59. The molecule has 0 radical (unpaired) electrons. The summed E-state index contributed by atoms with van der Waals surface area (Å²) in [6, 6.07) is 19.9. The maximum Gasteiger partial charge on any atom is 0.339 e. The molecule has 0 bridgehead atoms. The van der Waals surface area contributed by atoms with Crippen LogP contribution in [0.25, 0.3) is 11.1 Å². The number of carbonyl (C=O) groups excluding carboxylic acids is 2. The molecule has 3 rings (SSSR count). The molecule has 4 heteroatoms. The molecule has 0 heterocycles. The van der Waals surface area contributed by atoms with Crippen LogP contribution in [0, 0.1) is 32.1 Å². The fraction of sp³-hybridized carbons (Fsp3) is 0.160. The Labute approximate surface area is 170 Å². The molecule has 0 unspecified atom stereocenters. The van der Waals surface area contributed by atoms with Crippen LogP contribution in [0.3, 0.4) is 0 Å². The number of hydrogen-bond acceptors (Lipinski definition) is 4. The standard InChI is InChI=1S/C25H21NO3/c1-16-12-18(3)23(13-17(16)2)24(27)15-29-25(28)22-11-7-6-10-21(22)20-9-5-4-8-19(20)14-26/h4-13H,15H2,1-3H3. The lowest BCUT2D eigenvalue weighted by atomic mass is 9.96. The van der Waals surface area contributed by atoms with Crippen molar-refractivity contribution in [3.05, 3.63) is 94.0 Å². The number of Topliss-reactive ketones (excluding diaryl/α,β-unsaturated/α-hetero) is 1. The van der Waals surface area contributed by atoms with Gasteiger partial charge in [0.15, 0.2) is 6.61 Å². The molecule has 0 aliphatic heterocycles. The van der Waals surface area contributed by atoms with E-state index in [1.807, 2.05) is 39.0 Å².